The molecule has 0 amide bonds. The summed E-state index contributed by atoms with van der Waals surface area (Å²) in [4.78, 5) is -0.281. The van der Waals surface area contributed by atoms with Crippen molar-refractivity contribution >= 4 is 32.3 Å². The Balaban J connectivity index is 0.00000192. The first-order valence-electron chi connectivity index (χ1n) is 6.49. The van der Waals surface area contributed by atoms with Crippen molar-refractivity contribution in [3.8, 4) is 0 Å². The first-order chi connectivity index (χ1) is 10.5. The van der Waals surface area contributed by atoms with Crippen LogP contribution in [0.2, 0.25) is 0 Å². The molecule has 23 heavy (non-hydrogen) atoms. The molecular formula is C16H11N2NaO3S. The molecule has 0 heterocycles. The molecule has 3 aromatic rings. The van der Waals surface area contributed by atoms with Gasteiger partial charge in [-0.2, -0.15) is 5.11 Å². The molecule has 3 aromatic carbocycles. The van der Waals surface area contributed by atoms with Gasteiger partial charge in [0, 0.05) is 5.39 Å². The number of rotatable bonds is 3. The van der Waals surface area contributed by atoms with Crippen molar-refractivity contribution in [2.75, 3.05) is 0 Å². The second-order valence-electron chi connectivity index (χ2n) is 4.65. The van der Waals surface area contributed by atoms with Crippen LogP contribution in [0.15, 0.2) is 81.9 Å². The fourth-order valence-electron chi connectivity index (χ4n) is 2.09. The molecule has 0 bridgehead atoms. The van der Waals surface area contributed by atoms with Gasteiger partial charge in [-0.25, -0.2) is 8.42 Å². The van der Waals surface area contributed by atoms with Gasteiger partial charge in [0.2, 0.25) is 0 Å². The number of azo groups is 1. The molecule has 0 N–H and O–H groups in total. The summed E-state index contributed by atoms with van der Waals surface area (Å²) >= 11 is 0. The van der Waals surface area contributed by atoms with Gasteiger partial charge in [0.15, 0.2) is 0 Å². The fourth-order valence-corrected chi connectivity index (χ4v) is 2.56. The zero-order valence-electron chi connectivity index (χ0n) is 12.4. The van der Waals surface area contributed by atoms with Gasteiger partial charge in [0.25, 0.3) is 0 Å². The first kappa shape index (κ1) is 17.8. The Bertz CT molecular complexity index is 949. The van der Waals surface area contributed by atoms with Crippen LogP contribution in [0.4, 0.5) is 11.4 Å². The Morgan fingerprint density at radius 1 is 0.783 bits per heavy atom. The molecule has 0 fully saturated rings. The maximum Gasteiger partial charge on any atom is 1.00 e. The molecule has 0 spiro atoms. The maximum absolute atomic E-state index is 10.9. The number of benzene rings is 3. The number of nitrogens with zero attached hydrogens (tertiary/aromatic N) is 2. The number of hydrogen-bond donors (Lipinski definition) is 0. The third-order valence-corrected chi connectivity index (χ3v) is 4.01. The minimum Gasteiger partial charge on any atom is -0.744 e. The van der Waals surface area contributed by atoms with E-state index >= 15 is 0 Å². The van der Waals surface area contributed by atoms with E-state index in [1.54, 1.807) is 0 Å². The molecule has 0 aliphatic rings. The zero-order valence-corrected chi connectivity index (χ0v) is 15.2. The van der Waals surface area contributed by atoms with Gasteiger partial charge in [-0.3, -0.25) is 0 Å². The largest absolute Gasteiger partial charge is 1.00 e. The smallest absolute Gasteiger partial charge is 0.744 e. The average molecular weight is 334 g/mol. The Labute approximate surface area is 156 Å². The van der Waals surface area contributed by atoms with Crippen LogP contribution in [0.25, 0.3) is 10.8 Å². The molecule has 0 aliphatic carbocycles. The molecule has 5 nitrogen and oxygen atoms in total. The van der Waals surface area contributed by atoms with E-state index in [1.807, 2.05) is 42.5 Å². The van der Waals surface area contributed by atoms with Crippen LogP contribution >= 0.6 is 0 Å². The predicted octanol–water partition coefficient (Wildman–Crippen LogP) is 1.16. The fraction of sp³-hybridized carbons (Fsp3) is 0. The van der Waals surface area contributed by atoms with Crippen molar-refractivity contribution in [1.29, 1.82) is 0 Å². The van der Waals surface area contributed by atoms with Gasteiger partial charge in [-0.15, -0.1) is 5.11 Å². The summed E-state index contributed by atoms with van der Waals surface area (Å²) in [6, 6.07) is 18.9. The van der Waals surface area contributed by atoms with Crippen molar-refractivity contribution in [1.82, 2.24) is 0 Å². The second kappa shape index (κ2) is 7.33. The van der Waals surface area contributed by atoms with Gasteiger partial charge in [0.05, 0.1) is 16.3 Å². The van der Waals surface area contributed by atoms with Crippen LogP contribution in [0.3, 0.4) is 0 Å². The minimum absolute atomic E-state index is 0. The third kappa shape index (κ3) is 4.25. The number of fused-ring (bicyclic) bond motifs is 1. The van der Waals surface area contributed by atoms with E-state index in [1.165, 1.54) is 24.3 Å². The van der Waals surface area contributed by atoms with Crippen LogP contribution in [-0.2, 0) is 10.1 Å². The molecule has 0 aliphatic heterocycles. The Morgan fingerprint density at radius 3 is 2.13 bits per heavy atom. The SMILES string of the molecule is O=S(=O)([O-])c1ccc(N=Nc2cccc3ccccc23)cc1.[Na+]. The standard InChI is InChI=1S/C16H12N2O3S.Na/c19-22(20,21)14-10-8-13(9-11-14)17-18-16-7-3-5-12-4-1-2-6-15(12)16;/h1-11H,(H,19,20,21);/q;+1/p-1. The molecular weight excluding hydrogens is 323 g/mol. The van der Waals surface area contributed by atoms with Crippen LogP contribution in [0, 0.1) is 0 Å². The molecule has 0 unspecified atom stereocenters. The van der Waals surface area contributed by atoms with Crippen LogP contribution in [0.1, 0.15) is 0 Å². The molecule has 0 saturated carbocycles. The minimum atomic E-state index is -4.44. The average Bonchev–Trinajstić information content (AvgIpc) is 2.52. The second-order valence-corrected chi connectivity index (χ2v) is 6.03. The van der Waals surface area contributed by atoms with Crippen molar-refractivity contribution in [3.63, 3.8) is 0 Å². The van der Waals surface area contributed by atoms with Gasteiger partial charge >= 0.3 is 29.6 Å². The van der Waals surface area contributed by atoms with E-state index in [-0.39, 0.29) is 34.5 Å². The quantitative estimate of drug-likeness (QED) is 0.409. The van der Waals surface area contributed by atoms with Gasteiger partial charge < -0.3 is 4.55 Å². The summed E-state index contributed by atoms with van der Waals surface area (Å²) < 4.78 is 32.6. The number of hydrogen-bond acceptors (Lipinski definition) is 5. The molecule has 0 radical (unpaired) electrons. The zero-order chi connectivity index (χ0) is 15.6. The van der Waals surface area contributed by atoms with E-state index < -0.39 is 10.1 Å². The Kier molecular flexibility index (Phi) is 5.67. The van der Waals surface area contributed by atoms with Crippen molar-refractivity contribution in [2.45, 2.75) is 4.90 Å². The Morgan fingerprint density at radius 2 is 1.43 bits per heavy atom. The van der Waals surface area contributed by atoms with Crippen LogP contribution < -0.4 is 29.6 Å². The van der Waals surface area contributed by atoms with Crippen molar-refractivity contribution in [3.05, 3.63) is 66.7 Å². The van der Waals surface area contributed by atoms with E-state index in [0.29, 0.717) is 5.69 Å². The Hall–Kier alpha value is -1.57. The third-order valence-electron chi connectivity index (χ3n) is 3.17. The normalized spacial score (nSPS) is 11.5. The summed E-state index contributed by atoms with van der Waals surface area (Å²) in [5.74, 6) is 0. The summed E-state index contributed by atoms with van der Waals surface area (Å²) in [6.07, 6.45) is 0. The van der Waals surface area contributed by atoms with Crippen molar-refractivity contribution in [2.24, 2.45) is 10.2 Å². The van der Waals surface area contributed by atoms with Gasteiger partial charge in [-0.1, -0.05) is 36.4 Å². The van der Waals surface area contributed by atoms with E-state index in [9.17, 15) is 13.0 Å². The van der Waals surface area contributed by atoms with Gasteiger partial charge in [0.1, 0.15) is 10.1 Å². The van der Waals surface area contributed by atoms with Crippen LogP contribution in [0.5, 0.6) is 0 Å². The van der Waals surface area contributed by atoms with Crippen molar-refractivity contribution < 1.29 is 42.5 Å². The van der Waals surface area contributed by atoms with E-state index in [4.69, 9.17) is 0 Å². The monoisotopic (exact) mass is 334 g/mol. The first-order valence-corrected chi connectivity index (χ1v) is 7.90. The summed E-state index contributed by atoms with van der Waals surface area (Å²) in [6.45, 7) is 0. The molecule has 0 aromatic heterocycles. The van der Waals surface area contributed by atoms with E-state index in [2.05, 4.69) is 10.2 Å². The summed E-state index contributed by atoms with van der Waals surface area (Å²) in [5, 5.41) is 10.3. The molecule has 110 valence electrons. The molecule has 3 rings (SSSR count). The van der Waals surface area contributed by atoms with Crippen LogP contribution in [-0.4, -0.2) is 13.0 Å². The predicted molar refractivity (Wildman–Crippen MR) is 82.5 cm³/mol. The summed E-state index contributed by atoms with van der Waals surface area (Å²) in [5.41, 5.74) is 1.19. The summed E-state index contributed by atoms with van der Waals surface area (Å²) in [7, 11) is -4.44. The maximum atomic E-state index is 10.9. The molecule has 0 atom stereocenters. The molecule has 7 heteroatoms. The molecule has 0 saturated heterocycles. The van der Waals surface area contributed by atoms with Gasteiger partial charge in [-0.05, 0) is 35.7 Å². The topological polar surface area (TPSA) is 81.9 Å². The van der Waals surface area contributed by atoms with E-state index in [0.717, 1.165) is 16.5 Å².